The first kappa shape index (κ1) is 9.89. The van der Waals surface area contributed by atoms with Gasteiger partial charge in [-0.05, 0) is 0 Å². The fraction of sp³-hybridized carbons (Fsp3) is 0.300. The SMILES string of the molecule is O=C(CC(O)CO)c1ccccc1. The predicted octanol–water partition coefficient (Wildman–Crippen LogP) is 0.613. The summed E-state index contributed by atoms with van der Waals surface area (Å²) in [7, 11) is 0. The summed E-state index contributed by atoms with van der Waals surface area (Å²) in [5.41, 5.74) is 0.565. The van der Waals surface area contributed by atoms with Crippen LogP contribution in [-0.2, 0) is 0 Å². The van der Waals surface area contributed by atoms with Gasteiger partial charge in [0.15, 0.2) is 5.78 Å². The Morgan fingerprint density at radius 1 is 1.31 bits per heavy atom. The molecule has 0 aromatic heterocycles. The van der Waals surface area contributed by atoms with E-state index in [0.29, 0.717) is 5.56 Å². The van der Waals surface area contributed by atoms with Crippen LogP contribution in [0.5, 0.6) is 0 Å². The zero-order valence-corrected chi connectivity index (χ0v) is 7.18. The lowest BCUT2D eigenvalue weighted by atomic mass is 10.1. The minimum Gasteiger partial charge on any atom is -0.394 e. The molecule has 0 aliphatic heterocycles. The summed E-state index contributed by atoms with van der Waals surface area (Å²) in [5.74, 6) is -0.151. The van der Waals surface area contributed by atoms with E-state index < -0.39 is 6.10 Å². The second kappa shape index (κ2) is 4.74. The van der Waals surface area contributed by atoms with Crippen LogP contribution >= 0.6 is 0 Å². The third-order valence-electron chi connectivity index (χ3n) is 1.73. The Labute approximate surface area is 76.6 Å². The van der Waals surface area contributed by atoms with Gasteiger partial charge in [-0.25, -0.2) is 0 Å². The summed E-state index contributed by atoms with van der Waals surface area (Å²) in [5, 5.41) is 17.5. The average molecular weight is 180 g/mol. The molecule has 3 heteroatoms. The molecule has 1 aromatic rings. The van der Waals surface area contributed by atoms with Crippen molar-refractivity contribution >= 4 is 5.78 Å². The number of hydrogen-bond donors (Lipinski definition) is 2. The van der Waals surface area contributed by atoms with Crippen molar-refractivity contribution in [3.05, 3.63) is 35.9 Å². The molecular weight excluding hydrogens is 168 g/mol. The molecule has 0 amide bonds. The van der Waals surface area contributed by atoms with Crippen molar-refractivity contribution in [2.45, 2.75) is 12.5 Å². The molecule has 1 aromatic carbocycles. The van der Waals surface area contributed by atoms with Crippen molar-refractivity contribution in [3.8, 4) is 0 Å². The Morgan fingerprint density at radius 3 is 2.46 bits per heavy atom. The maximum Gasteiger partial charge on any atom is 0.165 e. The van der Waals surface area contributed by atoms with Crippen LogP contribution in [0.15, 0.2) is 30.3 Å². The monoisotopic (exact) mass is 180 g/mol. The zero-order chi connectivity index (χ0) is 9.68. The number of carbonyl (C=O) groups excluding carboxylic acids is 1. The quantitative estimate of drug-likeness (QED) is 0.667. The summed E-state index contributed by atoms with van der Waals surface area (Å²) in [6.07, 6.45) is -0.978. The van der Waals surface area contributed by atoms with Crippen LogP contribution in [0.25, 0.3) is 0 Å². The van der Waals surface area contributed by atoms with E-state index in [1.165, 1.54) is 0 Å². The Balaban J connectivity index is 2.59. The lowest BCUT2D eigenvalue weighted by molar-refractivity contribution is 0.0703. The van der Waals surface area contributed by atoms with E-state index >= 15 is 0 Å². The number of Topliss-reactive ketones (excluding diaryl/α,β-unsaturated/α-hetero) is 1. The lowest BCUT2D eigenvalue weighted by Crippen LogP contribution is -2.17. The molecule has 1 atom stereocenters. The van der Waals surface area contributed by atoms with E-state index in [0.717, 1.165) is 0 Å². The van der Waals surface area contributed by atoms with Crippen LogP contribution in [0.2, 0.25) is 0 Å². The van der Waals surface area contributed by atoms with Gasteiger partial charge >= 0.3 is 0 Å². The second-order valence-corrected chi connectivity index (χ2v) is 2.83. The number of aliphatic hydroxyl groups is 2. The molecule has 0 spiro atoms. The van der Waals surface area contributed by atoms with Crippen LogP contribution in [0.3, 0.4) is 0 Å². The molecule has 1 unspecified atom stereocenters. The Bertz CT molecular complexity index is 269. The molecule has 0 aliphatic rings. The van der Waals surface area contributed by atoms with Crippen LogP contribution in [0, 0.1) is 0 Å². The number of ketones is 1. The van der Waals surface area contributed by atoms with Crippen molar-refractivity contribution < 1.29 is 15.0 Å². The van der Waals surface area contributed by atoms with Crippen LogP contribution in [0.1, 0.15) is 16.8 Å². The van der Waals surface area contributed by atoms with Crippen molar-refractivity contribution in [1.29, 1.82) is 0 Å². The molecular formula is C10H12O3. The van der Waals surface area contributed by atoms with Gasteiger partial charge in [-0.2, -0.15) is 0 Å². The third kappa shape index (κ3) is 2.97. The summed E-state index contributed by atoms with van der Waals surface area (Å²) in [6.45, 7) is -0.376. The lowest BCUT2D eigenvalue weighted by Gasteiger charge is -2.05. The van der Waals surface area contributed by atoms with Gasteiger partial charge < -0.3 is 10.2 Å². The van der Waals surface area contributed by atoms with Gasteiger partial charge in [0.2, 0.25) is 0 Å². The van der Waals surface area contributed by atoms with Crippen LogP contribution < -0.4 is 0 Å². The molecule has 0 bridgehead atoms. The Morgan fingerprint density at radius 2 is 1.92 bits per heavy atom. The number of rotatable bonds is 4. The van der Waals surface area contributed by atoms with E-state index in [1.807, 2.05) is 6.07 Å². The summed E-state index contributed by atoms with van der Waals surface area (Å²) >= 11 is 0. The van der Waals surface area contributed by atoms with Gasteiger partial charge in [0.05, 0.1) is 12.7 Å². The van der Waals surface area contributed by atoms with E-state index in [9.17, 15) is 4.79 Å². The van der Waals surface area contributed by atoms with Crippen molar-refractivity contribution in [3.63, 3.8) is 0 Å². The molecule has 0 fully saturated rings. The fourth-order valence-corrected chi connectivity index (χ4v) is 1.02. The molecule has 0 aliphatic carbocycles. The highest BCUT2D eigenvalue weighted by atomic mass is 16.3. The first-order valence-electron chi connectivity index (χ1n) is 4.11. The van der Waals surface area contributed by atoms with Gasteiger partial charge in [0, 0.05) is 12.0 Å². The predicted molar refractivity (Wildman–Crippen MR) is 48.5 cm³/mol. The molecule has 0 saturated heterocycles. The molecule has 2 N–H and O–H groups in total. The highest BCUT2D eigenvalue weighted by Gasteiger charge is 2.10. The van der Waals surface area contributed by atoms with E-state index in [2.05, 4.69) is 0 Å². The number of carbonyl (C=O) groups is 1. The van der Waals surface area contributed by atoms with Gasteiger partial charge in [-0.15, -0.1) is 0 Å². The molecule has 3 nitrogen and oxygen atoms in total. The van der Waals surface area contributed by atoms with Gasteiger partial charge in [0.1, 0.15) is 0 Å². The van der Waals surface area contributed by atoms with Crippen molar-refractivity contribution in [1.82, 2.24) is 0 Å². The summed E-state index contributed by atoms with van der Waals surface area (Å²) in [6, 6.07) is 8.72. The fourth-order valence-electron chi connectivity index (χ4n) is 1.02. The second-order valence-electron chi connectivity index (χ2n) is 2.83. The van der Waals surface area contributed by atoms with E-state index in [-0.39, 0.29) is 18.8 Å². The highest BCUT2D eigenvalue weighted by Crippen LogP contribution is 2.04. The topological polar surface area (TPSA) is 57.5 Å². The molecule has 0 heterocycles. The van der Waals surface area contributed by atoms with Gasteiger partial charge in [-0.3, -0.25) is 4.79 Å². The van der Waals surface area contributed by atoms with Gasteiger partial charge in [-0.1, -0.05) is 30.3 Å². The standard InChI is InChI=1S/C10H12O3/c11-7-9(12)6-10(13)8-4-2-1-3-5-8/h1-5,9,11-12H,6-7H2. The first-order chi connectivity index (χ1) is 6.24. The normalized spacial score (nSPS) is 12.5. The maximum absolute atomic E-state index is 11.3. The number of benzene rings is 1. The largest absolute Gasteiger partial charge is 0.394 e. The van der Waals surface area contributed by atoms with Crippen LogP contribution in [0.4, 0.5) is 0 Å². The minimum absolute atomic E-state index is 0.0273. The zero-order valence-electron chi connectivity index (χ0n) is 7.18. The third-order valence-corrected chi connectivity index (χ3v) is 1.73. The van der Waals surface area contributed by atoms with Crippen molar-refractivity contribution in [2.75, 3.05) is 6.61 Å². The molecule has 0 saturated carbocycles. The summed E-state index contributed by atoms with van der Waals surface area (Å²) in [4.78, 5) is 11.3. The molecule has 13 heavy (non-hydrogen) atoms. The van der Waals surface area contributed by atoms with E-state index in [4.69, 9.17) is 10.2 Å². The Kier molecular flexibility index (Phi) is 3.61. The first-order valence-corrected chi connectivity index (χ1v) is 4.11. The van der Waals surface area contributed by atoms with Crippen LogP contribution in [-0.4, -0.2) is 28.7 Å². The van der Waals surface area contributed by atoms with Crippen molar-refractivity contribution in [2.24, 2.45) is 0 Å². The Hall–Kier alpha value is -1.19. The van der Waals surface area contributed by atoms with E-state index in [1.54, 1.807) is 24.3 Å². The molecule has 1 rings (SSSR count). The number of aliphatic hydroxyl groups excluding tert-OH is 2. The summed E-state index contributed by atoms with van der Waals surface area (Å²) < 4.78 is 0. The average Bonchev–Trinajstić information content (AvgIpc) is 2.19. The minimum atomic E-state index is -0.951. The maximum atomic E-state index is 11.3. The smallest absolute Gasteiger partial charge is 0.165 e. The highest BCUT2D eigenvalue weighted by molar-refractivity contribution is 5.96. The van der Waals surface area contributed by atoms with Gasteiger partial charge in [0.25, 0.3) is 0 Å². The number of hydrogen-bond acceptors (Lipinski definition) is 3. The molecule has 70 valence electrons. The molecule has 0 radical (unpaired) electrons.